The van der Waals surface area contributed by atoms with Crippen LogP contribution in [0.25, 0.3) is 0 Å². The fraction of sp³-hybridized carbons (Fsp3) is 0.308. The van der Waals surface area contributed by atoms with E-state index in [-0.39, 0.29) is 0 Å². The largest absolute Gasteiger partial charge is 0.382 e. The summed E-state index contributed by atoms with van der Waals surface area (Å²) in [5.41, 5.74) is 3.07. The normalized spacial score (nSPS) is 10.2. The van der Waals surface area contributed by atoms with Crippen molar-refractivity contribution >= 4 is 5.69 Å². The van der Waals surface area contributed by atoms with Crippen LogP contribution in [0.15, 0.2) is 30.6 Å². The lowest BCUT2D eigenvalue weighted by molar-refractivity contribution is 0.943. The zero-order valence-electron chi connectivity index (χ0n) is 10.1. The van der Waals surface area contributed by atoms with Crippen molar-refractivity contribution in [3.8, 4) is 0 Å². The lowest BCUT2D eigenvalue weighted by atomic mass is 10.2. The van der Waals surface area contributed by atoms with Gasteiger partial charge in [0.1, 0.15) is 5.82 Å². The molecule has 0 aliphatic carbocycles. The highest BCUT2D eigenvalue weighted by molar-refractivity contribution is 5.45. The highest BCUT2D eigenvalue weighted by Gasteiger charge is 2.00. The number of nitrogens with one attached hydrogen (secondary N) is 1. The van der Waals surface area contributed by atoms with Gasteiger partial charge in [0.05, 0.1) is 17.6 Å². The van der Waals surface area contributed by atoms with E-state index in [0.29, 0.717) is 0 Å². The molecule has 0 unspecified atom stereocenters. The Labute approximate surface area is 101 Å². The number of rotatable bonds is 4. The van der Waals surface area contributed by atoms with Crippen LogP contribution in [-0.4, -0.2) is 21.5 Å². The Morgan fingerprint density at radius 2 is 2.06 bits per heavy atom. The van der Waals surface area contributed by atoms with E-state index in [0.717, 1.165) is 35.9 Å². The number of hydrogen-bond acceptors (Lipinski definition) is 4. The fourth-order valence-corrected chi connectivity index (χ4v) is 1.63. The molecule has 2 aromatic heterocycles. The Balaban J connectivity index is 1.90. The van der Waals surface area contributed by atoms with Gasteiger partial charge in [0, 0.05) is 24.9 Å². The van der Waals surface area contributed by atoms with Gasteiger partial charge in [-0.05, 0) is 26.0 Å². The second-order valence-corrected chi connectivity index (χ2v) is 3.91. The molecule has 88 valence electrons. The van der Waals surface area contributed by atoms with Crippen molar-refractivity contribution < 1.29 is 0 Å². The van der Waals surface area contributed by atoms with Gasteiger partial charge in [-0.25, -0.2) is 9.97 Å². The SMILES string of the molecule is Cc1ncc(NCCc2ccccn2)c(C)n1. The number of pyridine rings is 1. The molecule has 0 aromatic carbocycles. The van der Waals surface area contributed by atoms with Crippen molar-refractivity contribution in [2.24, 2.45) is 0 Å². The third-order valence-electron chi connectivity index (χ3n) is 2.52. The number of hydrogen-bond donors (Lipinski definition) is 1. The van der Waals surface area contributed by atoms with Crippen molar-refractivity contribution in [3.05, 3.63) is 47.8 Å². The molecule has 4 nitrogen and oxygen atoms in total. The van der Waals surface area contributed by atoms with Crippen LogP contribution in [0.3, 0.4) is 0 Å². The summed E-state index contributed by atoms with van der Waals surface area (Å²) in [5.74, 6) is 0.803. The van der Waals surface area contributed by atoms with Crippen LogP contribution in [0.4, 0.5) is 5.69 Å². The van der Waals surface area contributed by atoms with Crippen LogP contribution in [0, 0.1) is 13.8 Å². The number of anilines is 1. The highest BCUT2D eigenvalue weighted by Crippen LogP contribution is 2.10. The van der Waals surface area contributed by atoms with Gasteiger partial charge in [0.15, 0.2) is 0 Å². The molecule has 4 heteroatoms. The highest BCUT2D eigenvalue weighted by atomic mass is 15.0. The Morgan fingerprint density at radius 1 is 1.18 bits per heavy atom. The summed E-state index contributed by atoms with van der Waals surface area (Å²) >= 11 is 0. The van der Waals surface area contributed by atoms with Crippen LogP contribution in [-0.2, 0) is 6.42 Å². The molecular formula is C13H16N4. The molecule has 0 saturated heterocycles. The molecule has 0 bridgehead atoms. The molecule has 2 rings (SSSR count). The Morgan fingerprint density at radius 3 is 2.76 bits per heavy atom. The third kappa shape index (κ3) is 3.24. The zero-order valence-corrected chi connectivity index (χ0v) is 10.1. The second kappa shape index (κ2) is 5.39. The molecule has 0 aliphatic rings. The molecule has 0 fully saturated rings. The Bertz CT molecular complexity index is 482. The third-order valence-corrected chi connectivity index (χ3v) is 2.52. The zero-order chi connectivity index (χ0) is 12.1. The first-order chi connectivity index (χ1) is 8.25. The molecule has 1 N–H and O–H groups in total. The minimum Gasteiger partial charge on any atom is -0.382 e. The Hall–Kier alpha value is -1.97. The van der Waals surface area contributed by atoms with Crippen molar-refractivity contribution in [2.45, 2.75) is 20.3 Å². The van der Waals surface area contributed by atoms with Crippen LogP contribution in [0.2, 0.25) is 0 Å². The van der Waals surface area contributed by atoms with Crippen LogP contribution >= 0.6 is 0 Å². The maximum Gasteiger partial charge on any atom is 0.125 e. The van der Waals surface area contributed by atoms with E-state index in [4.69, 9.17) is 0 Å². The van der Waals surface area contributed by atoms with E-state index in [1.165, 1.54) is 0 Å². The van der Waals surface area contributed by atoms with Gasteiger partial charge in [-0.15, -0.1) is 0 Å². The maximum atomic E-state index is 4.31. The van der Waals surface area contributed by atoms with E-state index in [1.54, 1.807) is 0 Å². The van der Waals surface area contributed by atoms with E-state index >= 15 is 0 Å². The lowest BCUT2D eigenvalue weighted by Gasteiger charge is -2.08. The number of aromatic nitrogens is 3. The number of nitrogens with zero attached hydrogens (tertiary/aromatic N) is 3. The molecule has 0 atom stereocenters. The first kappa shape index (κ1) is 11.5. The summed E-state index contributed by atoms with van der Waals surface area (Å²) in [6, 6.07) is 5.96. The maximum absolute atomic E-state index is 4.31. The summed E-state index contributed by atoms with van der Waals surface area (Å²) in [4.78, 5) is 12.8. The molecule has 17 heavy (non-hydrogen) atoms. The topological polar surface area (TPSA) is 50.7 Å². The molecule has 2 aromatic rings. The monoisotopic (exact) mass is 228 g/mol. The van der Waals surface area contributed by atoms with E-state index in [1.807, 2.05) is 44.4 Å². The summed E-state index contributed by atoms with van der Waals surface area (Å²) in [6.45, 7) is 4.72. The summed E-state index contributed by atoms with van der Waals surface area (Å²) in [7, 11) is 0. The minimum absolute atomic E-state index is 0.803. The van der Waals surface area contributed by atoms with Crippen LogP contribution < -0.4 is 5.32 Å². The van der Waals surface area contributed by atoms with E-state index in [2.05, 4.69) is 20.3 Å². The van der Waals surface area contributed by atoms with Crippen LogP contribution in [0.1, 0.15) is 17.2 Å². The van der Waals surface area contributed by atoms with Gasteiger partial charge in [-0.1, -0.05) is 6.07 Å². The first-order valence-electron chi connectivity index (χ1n) is 5.70. The van der Waals surface area contributed by atoms with Gasteiger partial charge in [-0.2, -0.15) is 0 Å². The van der Waals surface area contributed by atoms with Gasteiger partial charge in [0.25, 0.3) is 0 Å². The number of aryl methyl sites for hydroxylation is 2. The molecule has 2 heterocycles. The predicted molar refractivity (Wildman–Crippen MR) is 67.9 cm³/mol. The van der Waals surface area contributed by atoms with Gasteiger partial charge in [-0.3, -0.25) is 4.98 Å². The van der Waals surface area contributed by atoms with Gasteiger partial charge < -0.3 is 5.32 Å². The molecule has 0 aliphatic heterocycles. The smallest absolute Gasteiger partial charge is 0.125 e. The molecule has 0 amide bonds. The van der Waals surface area contributed by atoms with Crippen molar-refractivity contribution in [3.63, 3.8) is 0 Å². The quantitative estimate of drug-likeness (QED) is 0.871. The van der Waals surface area contributed by atoms with Crippen molar-refractivity contribution in [1.29, 1.82) is 0 Å². The standard InChI is InChI=1S/C13H16N4/c1-10-13(9-16-11(2)17-10)15-8-6-12-5-3-4-7-14-12/h3-5,7,9,15H,6,8H2,1-2H3. The molecule has 0 radical (unpaired) electrons. The lowest BCUT2D eigenvalue weighted by Crippen LogP contribution is -2.08. The second-order valence-electron chi connectivity index (χ2n) is 3.91. The summed E-state index contributed by atoms with van der Waals surface area (Å²) in [6.07, 6.45) is 4.54. The molecular weight excluding hydrogens is 212 g/mol. The molecule has 0 saturated carbocycles. The average Bonchev–Trinajstić information content (AvgIpc) is 2.33. The summed E-state index contributed by atoms with van der Waals surface area (Å²) < 4.78 is 0. The van der Waals surface area contributed by atoms with Crippen molar-refractivity contribution in [1.82, 2.24) is 15.0 Å². The van der Waals surface area contributed by atoms with Gasteiger partial charge in [0.2, 0.25) is 0 Å². The average molecular weight is 228 g/mol. The van der Waals surface area contributed by atoms with E-state index < -0.39 is 0 Å². The first-order valence-corrected chi connectivity index (χ1v) is 5.70. The minimum atomic E-state index is 0.803. The van der Waals surface area contributed by atoms with Gasteiger partial charge >= 0.3 is 0 Å². The van der Waals surface area contributed by atoms with Crippen LogP contribution in [0.5, 0.6) is 0 Å². The molecule has 0 spiro atoms. The fourth-order valence-electron chi connectivity index (χ4n) is 1.63. The summed E-state index contributed by atoms with van der Waals surface area (Å²) in [5, 5.41) is 3.32. The predicted octanol–water partition coefficient (Wildman–Crippen LogP) is 2.14. The Kier molecular flexibility index (Phi) is 3.65. The van der Waals surface area contributed by atoms with E-state index in [9.17, 15) is 0 Å². The van der Waals surface area contributed by atoms with Crippen molar-refractivity contribution in [2.75, 3.05) is 11.9 Å².